The Balaban J connectivity index is 1.91. The highest BCUT2D eigenvalue weighted by Gasteiger charge is 2.17. The van der Waals surface area contributed by atoms with Crippen LogP contribution in [0.25, 0.3) is 0 Å². The van der Waals surface area contributed by atoms with E-state index in [0.717, 1.165) is 5.56 Å². The Morgan fingerprint density at radius 2 is 1.92 bits per heavy atom. The van der Waals surface area contributed by atoms with Crippen molar-refractivity contribution in [2.45, 2.75) is 18.4 Å². The smallest absolute Gasteiger partial charge is 0.261 e. The van der Waals surface area contributed by atoms with Crippen LogP contribution in [0.2, 0.25) is 0 Å². The van der Waals surface area contributed by atoms with Crippen molar-refractivity contribution in [3.63, 3.8) is 0 Å². The quantitative estimate of drug-likeness (QED) is 0.689. The van der Waals surface area contributed by atoms with Gasteiger partial charge < -0.3 is 0 Å². The number of hydrogen-bond donors (Lipinski definition) is 1. The van der Waals surface area contributed by atoms with Crippen LogP contribution in [0.5, 0.6) is 0 Å². The molecule has 1 aromatic heterocycles. The van der Waals surface area contributed by atoms with Gasteiger partial charge in [-0.15, -0.1) is 0 Å². The third-order valence-electron chi connectivity index (χ3n) is 3.70. The van der Waals surface area contributed by atoms with Gasteiger partial charge in [0.1, 0.15) is 0 Å². The molecule has 2 aromatic carbocycles. The number of Topliss-reactive ketones (excluding diaryl/α,β-unsaturated/α-hetero) is 1. The lowest BCUT2D eigenvalue weighted by Crippen LogP contribution is -2.15. The maximum atomic E-state index is 12.7. The molecule has 7 heteroatoms. The molecule has 0 saturated carbocycles. The molecule has 128 valence electrons. The number of sulfonamides is 1. The SMILES string of the molecule is CC(=O)c1cccc(S(=O)(=O)Nc2ccccc2Cn2cccn2)c1. The summed E-state index contributed by atoms with van der Waals surface area (Å²) in [5.74, 6) is -0.184. The van der Waals surface area contributed by atoms with Crippen molar-refractivity contribution in [2.75, 3.05) is 4.72 Å². The van der Waals surface area contributed by atoms with Gasteiger partial charge in [0.2, 0.25) is 0 Å². The fourth-order valence-electron chi connectivity index (χ4n) is 2.41. The molecule has 0 amide bonds. The van der Waals surface area contributed by atoms with Gasteiger partial charge in [0, 0.05) is 18.0 Å². The van der Waals surface area contributed by atoms with Crippen molar-refractivity contribution in [3.05, 3.63) is 78.1 Å². The summed E-state index contributed by atoms with van der Waals surface area (Å²) in [6.07, 6.45) is 3.47. The van der Waals surface area contributed by atoms with Gasteiger partial charge in [0.25, 0.3) is 10.0 Å². The molecule has 1 heterocycles. The Bertz CT molecular complexity index is 996. The second kappa shape index (κ2) is 6.90. The number of hydrogen-bond acceptors (Lipinski definition) is 4. The lowest BCUT2D eigenvalue weighted by molar-refractivity contribution is 0.101. The van der Waals surface area contributed by atoms with Crippen molar-refractivity contribution < 1.29 is 13.2 Å². The first-order valence-corrected chi connectivity index (χ1v) is 9.13. The molecule has 0 aliphatic rings. The second-order valence-corrected chi connectivity index (χ2v) is 7.23. The van der Waals surface area contributed by atoms with Crippen LogP contribution in [0.1, 0.15) is 22.8 Å². The summed E-state index contributed by atoms with van der Waals surface area (Å²) in [6.45, 7) is 1.84. The molecular formula is C18H17N3O3S. The minimum absolute atomic E-state index is 0.0501. The molecule has 0 radical (unpaired) electrons. The maximum absolute atomic E-state index is 12.7. The van der Waals surface area contributed by atoms with Crippen molar-refractivity contribution in [1.29, 1.82) is 0 Å². The minimum atomic E-state index is -3.80. The summed E-state index contributed by atoms with van der Waals surface area (Å²) in [5, 5.41) is 4.14. The molecule has 1 N–H and O–H groups in total. The molecule has 3 rings (SSSR count). The number of para-hydroxylation sites is 1. The second-order valence-electron chi connectivity index (χ2n) is 5.55. The third-order valence-corrected chi connectivity index (χ3v) is 5.07. The molecule has 0 spiro atoms. The van der Waals surface area contributed by atoms with E-state index in [2.05, 4.69) is 9.82 Å². The van der Waals surface area contributed by atoms with Crippen molar-refractivity contribution >= 4 is 21.5 Å². The summed E-state index contributed by atoms with van der Waals surface area (Å²) in [7, 11) is -3.80. The first kappa shape index (κ1) is 16.9. The predicted molar refractivity (Wildman–Crippen MR) is 95.0 cm³/mol. The molecule has 6 nitrogen and oxygen atoms in total. The van der Waals surface area contributed by atoms with E-state index in [1.807, 2.05) is 18.3 Å². The van der Waals surface area contributed by atoms with Gasteiger partial charge in [-0.25, -0.2) is 8.42 Å². The molecule has 0 aliphatic carbocycles. The zero-order chi connectivity index (χ0) is 17.9. The average Bonchev–Trinajstić information content (AvgIpc) is 3.09. The first-order valence-electron chi connectivity index (χ1n) is 7.65. The van der Waals surface area contributed by atoms with E-state index in [9.17, 15) is 13.2 Å². The highest BCUT2D eigenvalue weighted by Crippen LogP contribution is 2.21. The number of rotatable bonds is 6. The molecule has 3 aromatic rings. The average molecular weight is 355 g/mol. The van der Waals surface area contributed by atoms with E-state index in [4.69, 9.17) is 0 Å². The highest BCUT2D eigenvalue weighted by molar-refractivity contribution is 7.92. The van der Waals surface area contributed by atoms with Crippen LogP contribution in [0.4, 0.5) is 5.69 Å². The van der Waals surface area contributed by atoms with Crippen LogP contribution in [0.15, 0.2) is 71.9 Å². The molecule has 0 aliphatic heterocycles. The van der Waals surface area contributed by atoms with Gasteiger partial charge in [0.05, 0.1) is 17.1 Å². The summed E-state index contributed by atoms with van der Waals surface area (Å²) in [6, 6.07) is 14.9. The van der Waals surface area contributed by atoms with E-state index in [0.29, 0.717) is 17.8 Å². The van der Waals surface area contributed by atoms with E-state index in [-0.39, 0.29) is 10.7 Å². The molecule has 0 atom stereocenters. The molecule has 0 saturated heterocycles. The Morgan fingerprint density at radius 3 is 2.64 bits per heavy atom. The zero-order valence-corrected chi connectivity index (χ0v) is 14.4. The maximum Gasteiger partial charge on any atom is 0.261 e. The van der Waals surface area contributed by atoms with Crippen LogP contribution in [-0.2, 0) is 16.6 Å². The molecular weight excluding hydrogens is 338 g/mol. The van der Waals surface area contributed by atoms with Gasteiger partial charge in [0.15, 0.2) is 5.78 Å². The number of nitrogens with one attached hydrogen (secondary N) is 1. The largest absolute Gasteiger partial charge is 0.295 e. The van der Waals surface area contributed by atoms with Gasteiger partial charge in [-0.05, 0) is 36.8 Å². The Morgan fingerprint density at radius 1 is 1.12 bits per heavy atom. The van der Waals surface area contributed by atoms with Gasteiger partial charge in [-0.2, -0.15) is 5.10 Å². The molecule has 25 heavy (non-hydrogen) atoms. The van der Waals surface area contributed by atoms with Crippen LogP contribution < -0.4 is 4.72 Å². The summed E-state index contributed by atoms with van der Waals surface area (Å²) in [4.78, 5) is 11.5. The Hall–Kier alpha value is -2.93. The number of aromatic nitrogens is 2. The van der Waals surface area contributed by atoms with E-state index >= 15 is 0 Å². The van der Waals surface area contributed by atoms with Crippen molar-refractivity contribution in [3.8, 4) is 0 Å². The van der Waals surface area contributed by atoms with Crippen LogP contribution in [0, 0.1) is 0 Å². The Kier molecular flexibility index (Phi) is 4.67. The van der Waals surface area contributed by atoms with Crippen LogP contribution in [-0.4, -0.2) is 24.0 Å². The number of carbonyl (C=O) groups is 1. The van der Waals surface area contributed by atoms with Gasteiger partial charge >= 0.3 is 0 Å². The lowest BCUT2D eigenvalue weighted by Gasteiger charge is -2.13. The van der Waals surface area contributed by atoms with Gasteiger partial charge in [-0.3, -0.25) is 14.2 Å². The van der Waals surface area contributed by atoms with Gasteiger partial charge in [-0.1, -0.05) is 30.3 Å². The standard InChI is InChI=1S/C18H17N3O3S/c1-14(22)15-7-4-8-17(12-15)25(23,24)20-18-9-3-2-6-16(18)13-21-11-5-10-19-21/h2-12,20H,13H2,1H3. The number of nitrogens with zero attached hydrogens (tertiary/aromatic N) is 2. The summed E-state index contributed by atoms with van der Waals surface area (Å²) < 4.78 is 29.7. The first-order chi connectivity index (χ1) is 12.0. The van der Waals surface area contributed by atoms with Crippen LogP contribution >= 0.6 is 0 Å². The predicted octanol–water partition coefficient (Wildman–Crippen LogP) is 2.93. The van der Waals surface area contributed by atoms with E-state index in [1.54, 1.807) is 41.2 Å². The van der Waals surface area contributed by atoms with Crippen molar-refractivity contribution in [1.82, 2.24) is 9.78 Å². The van der Waals surface area contributed by atoms with Crippen LogP contribution in [0.3, 0.4) is 0 Å². The Labute approximate surface area is 146 Å². The fraction of sp³-hybridized carbons (Fsp3) is 0.111. The zero-order valence-electron chi connectivity index (χ0n) is 13.6. The third kappa shape index (κ3) is 3.95. The topological polar surface area (TPSA) is 81.1 Å². The number of anilines is 1. The van der Waals surface area contributed by atoms with E-state index < -0.39 is 10.0 Å². The summed E-state index contributed by atoms with van der Waals surface area (Å²) in [5.41, 5.74) is 1.62. The van der Waals surface area contributed by atoms with Crippen molar-refractivity contribution in [2.24, 2.45) is 0 Å². The molecule has 0 bridgehead atoms. The number of ketones is 1. The lowest BCUT2D eigenvalue weighted by atomic mass is 10.2. The number of carbonyl (C=O) groups excluding carboxylic acids is 1. The summed E-state index contributed by atoms with van der Waals surface area (Å²) >= 11 is 0. The van der Waals surface area contributed by atoms with E-state index in [1.165, 1.54) is 19.1 Å². The highest BCUT2D eigenvalue weighted by atomic mass is 32.2. The fourth-order valence-corrected chi connectivity index (χ4v) is 3.56. The molecule has 0 fully saturated rings. The monoisotopic (exact) mass is 355 g/mol. The molecule has 0 unspecified atom stereocenters. The normalized spacial score (nSPS) is 11.2. The number of benzene rings is 2. The minimum Gasteiger partial charge on any atom is -0.295 e.